The molecular formula is C20H21FN4O2. The number of halogens is 1. The molecule has 5 rings (SSSR count). The number of aryl methyl sites for hydroxylation is 1. The molecule has 3 aliphatic carbocycles. The van der Waals surface area contributed by atoms with Gasteiger partial charge in [0.25, 0.3) is 5.91 Å². The summed E-state index contributed by atoms with van der Waals surface area (Å²) < 4.78 is 13.0. The van der Waals surface area contributed by atoms with Gasteiger partial charge in [0.15, 0.2) is 0 Å². The predicted octanol–water partition coefficient (Wildman–Crippen LogP) is 2.85. The van der Waals surface area contributed by atoms with Crippen LogP contribution in [0.3, 0.4) is 0 Å². The third-order valence-electron chi connectivity index (χ3n) is 5.87. The Morgan fingerprint density at radius 2 is 1.81 bits per heavy atom. The van der Waals surface area contributed by atoms with Crippen LogP contribution < -0.4 is 10.6 Å². The SMILES string of the molecule is Cc1ccnc(C(=O)NC23CC([C@H](C)C(=O)Nc4ccc(F)cc4)(C2)C3)n1. The fourth-order valence-electron chi connectivity index (χ4n) is 4.38. The first kappa shape index (κ1) is 17.6. The second-order valence-electron chi connectivity index (χ2n) is 7.87. The van der Waals surface area contributed by atoms with Gasteiger partial charge in [-0.15, -0.1) is 0 Å². The van der Waals surface area contributed by atoms with E-state index in [0.717, 1.165) is 25.0 Å². The normalized spacial score (nSPS) is 26.3. The molecule has 2 N–H and O–H groups in total. The molecule has 3 saturated carbocycles. The van der Waals surface area contributed by atoms with E-state index in [1.54, 1.807) is 24.4 Å². The lowest BCUT2D eigenvalue weighted by Gasteiger charge is -2.72. The molecule has 2 aromatic rings. The first-order valence-corrected chi connectivity index (χ1v) is 9.00. The van der Waals surface area contributed by atoms with Gasteiger partial charge in [-0.3, -0.25) is 9.59 Å². The zero-order chi connectivity index (χ0) is 19.2. The fraction of sp³-hybridized carbons (Fsp3) is 0.400. The molecule has 0 radical (unpaired) electrons. The number of benzene rings is 1. The molecule has 2 bridgehead atoms. The minimum Gasteiger partial charge on any atom is -0.344 e. The van der Waals surface area contributed by atoms with Crippen molar-refractivity contribution >= 4 is 17.5 Å². The zero-order valence-electron chi connectivity index (χ0n) is 15.3. The number of nitrogens with one attached hydrogen (secondary N) is 2. The molecule has 7 heteroatoms. The van der Waals surface area contributed by atoms with Crippen molar-refractivity contribution in [1.29, 1.82) is 0 Å². The Hall–Kier alpha value is -2.83. The zero-order valence-corrected chi connectivity index (χ0v) is 15.3. The lowest BCUT2D eigenvalue weighted by atomic mass is 9.36. The number of hydrogen-bond acceptors (Lipinski definition) is 4. The van der Waals surface area contributed by atoms with E-state index in [1.165, 1.54) is 12.1 Å². The van der Waals surface area contributed by atoms with E-state index in [2.05, 4.69) is 20.6 Å². The number of anilines is 1. The second kappa shape index (κ2) is 6.11. The first-order valence-electron chi connectivity index (χ1n) is 9.00. The Bertz CT molecular complexity index is 893. The van der Waals surface area contributed by atoms with E-state index in [0.29, 0.717) is 5.69 Å². The highest BCUT2D eigenvalue weighted by atomic mass is 19.1. The molecule has 2 amide bonds. The van der Waals surface area contributed by atoms with Gasteiger partial charge in [0, 0.05) is 29.0 Å². The Balaban J connectivity index is 1.33. The van der Waals surface area contributed by atoms with Crippen LogP contribution in [0.15, 0.2) is 36.5 Å². The average Bonchev–Trinajstić information content (AvgIpc) is 2.58. The molecule has 3 aliphatic rings. The number of carbonyl (C=O) groups excluding carboxylic acids is 2. The maximum atomic E-state index is 13.0. The average molecular weight is 368 g/mol. The lowest BCUT2D eigenvalue weighted by molar-refractivity contribution is -0.184. The number of amides is 2. The van der Waals surface area contributed by atoms with Crippen LogP contribution in [-0.2, 0) is 4.79 Å². The molecule has 1 aromatic heterocycles. The van der Waals surface area contributed by atoms with Gasteiger partial charge in [0.05, 0.1) is 0 Å². The molecule has 1 aromatic carbocycles. The van der Waals surface area contributed by atoms with Crippen LogP contribution in [0.2, 0.25) is 0 Å². The molecule has 3 fully saturated rings. The highest BCUT2D eigenvalue weighted by Gasteiger charge is 2.71. The van der Waals surface area contributed by atoms with Crippen molar-refractivity contribution in [1.82, 2.24) is 15.3 Å². The Morgan fingerprint density at radius 3 is 2.44 bits per heavy atom. The molecular weight excluding hydrogens is 347 g/mol. The quantitative estimate of drug-likeness (QED) is 0.850. The first-order chi connectivity index (χ1) is 12.8. The van der Waals surface area contributed by atoms with Gasteiger partial charge in [-0.25, -0.2) is 14.4 Å². The van der Waals surface area contributed by atoms with Crippen LogP contribution in [0.4, 0.5) is 10.1 Å². The number of rotatable bonds is 5. The van der Waals surface area contributed by atoms with E-state index in [1.807, 2.05) is 13.8 Å². The molecule has 6 nitrogen and oxygen atoms in total. The van der Waals surface area contributed by atoms with Crippen molar-refractivity contribution < 1.29 is 14.0 Å². The predicted molar refractivity (Wildman–Crippen MR) is 97.4 cm³/mol. The topological polar surface area (TPSA) is 84.0 Å². The van der Waals surface area contributed by atoms with Crippen LogP contribution in [0.1, 0.15) is 42.5 Å². The van der Waals surface area contributed by atoms with Gasteiger partial charge >= 0.3 is 0 Å². The molecule has 0 aliphatic heterocycles. The van der Waals surface area contributed by atoms with Gasteiger partial charge < -0.3 is 10.6 Å². The smallest absolute Gasteiger partial charge is 0.289 e. The number of carbonyl (C=O) groups is 2. The highest BCUT2D eigenvalue weighted by Crippen LogP contribution is 2.70. The molecule has 0 spiro atoms. The molecule has 0 saturated heterocycles. The van der Waals surface area contributed by atoms with E-state index < -0.39 is 0 Å². The molecule has 140 valence electrons. The van der Waals surface area contributed by atoms with Gasteiger partial charge in [-0.1, -0.05) is 6.92 Å². The molecule has 1 atom stereocenters. The van der Waals surface area contributed by atoms with Crippen LogP contribution in [0.25, 0.3) is 0 Å². The monoisotopic (exact) mass is 368 g/mol. The van der Waals surface area contributed by atoms with Crippen molar-refractivity contribution in [2.75, 3.05) is 5.32 Å². The van der Waals surface area contributed by atoms with E-state index >= 15 is 0 Å². The van der Waals surface area contributed by atoms with Crippen LogP contribution in [0.5, 0.6) is 0 Å². The van der Waals surface area contributed by atoms with Gasteiger partial charge in [-0.05, 0) is 61.9 Å². The number of nitrogens with zero attached hydrogens (tertiary/aromatic N) is 2. The largest absolute Gasteiger partial charge is 0.344 e. The summed E-state index contributed by atoms with van der Waals surface area (Å²) in [5.74, 6) is -0.693. The highest BCUT2D eigenvalue weighted by molar-refractivity contribution is 5.94. The van der Waals surface area contributed by atoms with Crippen LogP contribution in [-0.4, -0.2) is 27.3 Å². The van der Waals surface area contributed by atoms with E-state index in [9.17, 15) is 14.0 Å². The van der Waals surface area contributed by atoms with E-state index in [-0.39, 0.29) is 40.3 Å². The summed E-state index contributed by atoms with van der Waals surface area (Å²) in [7, 11) is 0. The standard InChI is InChI=1S/C20H21FN4O2/c1-12-7-8-22-16(23-12)18(27)25-20-9-19(10-20,11-20)13(2)17(26)24-15-5-3-14(21)4-6-15/h3-8,13H,9-11H2,1-2H3,(H,24,26)(H,25,27)/t13-,19?,20?/m1/s1. The minimum atomic E-state index is -0.337. The minimum absolute atomic E-state index is 0.0785. The number of aromatic nitrogens is 2. The summed E-state index contributed by atoms with van der Waals surface area (Å²) in [6, 6.07) is 7.48. The molecule has 27 heavy (non-hydrogen) atoms. The maximum absolute atomic E-state index is 13.0. The summed E-state index contributed by atoms with van der Waals surface area (Å²) in [5.41, 5.74) is 1.01. The van der Waals surface area contributed by atoms with Crippen molar-refractivity contribution in [2.24, 2.45) is 11.3 Å². The Morgan fingerprint density at radius 1 is 1.15 bits per heavy atom. The molecule has 1 heterocycles. The summed E-state index contributed by atoms with van der Waals surface area (Å²) >= 11 is 0. The Labute approximate surface area is 156 Å². The van der Waals surface area contributed by atoms with Gasteiger partial charge in [0.2, 0.25) is 11.7 Å². The summed E-state index contributed by atoms with van der Waals surface area (Å²) in [4.78, 5) is 33.1. The van der Waals surface area contributed by atoms with Gasteiger partial charge in [-0.2, -0.15) is 0 Å². The van der Waals surface area contributed by atoms with Gasteiger partial charge in [0.1, 0.15) is 5.82 Å². The summed E-state index contributed by atoms with van der Waals surface area (Å²) in [5, 5.41) is 5.88. The molecule has 0 unspecified atom stereocenters. The summed E-state index contributed by atoms with van der Waals surface area (Å²) in [6.45, 7) is 3.73. The second-order valence-corrected chi connectivity index (χ2v) is 7.87. The van der Waals surface area contributed by atoms with Crippen LogP contribution >= 0.6 is 0 Å². The lowest BCUT2D eigenvalue weighted by Crippen LogP contribution is -2.77. The maximum Gasteiger partial charge on any atom is 0.289 e. The third kappa shape index (κ3) is 3.07. The van der Waals surface area contributed by atoms with E-state index in [4.69, 9.17) is 0 Å². The van der Waals surface area contributed by atoms with Crippen LogP contribution in [0, 0.1) is 24.1 Å². The van der Waals surface area contributed by atoms with Crippen molar-refractivity contribution in [3.63, 3.8) is 0 Å². The fourth-order valence-corrected chi connectivity index (χ4v) is 4.38. The van der Waals surface area contributed by atoms with Crippen molar-refractivity contribution in [3.8, 4) is 0 Å². The third-order valence-corrected chi connectivity index (χ3v) is 5.87. The Kier molecular flexibility index (Phi) is 3.98. The summed E-state index contributed by atoms with van der Waals surface area (Å²) in [6.07, 6.45) is 3.89. The number of hydrogen-bond donors (Lipinski definition) is 2. The van der Waals surface area contributed by atoms with Crippen molar-refractivity contribution in [3.05, 3.63) is 53.9 Å². The van der Waals surface area contributed by atoms with Crippen molar-refractivity contribution in [2.45, 2.75) is 38.6 Å².